The van der Waals surface area contributed by atoms with E-state index in [1.165, 1.54) is 4.88 Å². The van der Waals surface area contributed by atoms with Crippen LogP contribution >= 0.6 is 11.3 Å². The first-order valence-electron chi connectivity index (χ1n) is 7.92. The topological polar surface area (TPSA) is 52.5 Å². The number of ether oxygens (including phenoxy) is 2. The predicted octanol–water partition coefficient (Wildman–Crippen LogP) is 3.54. The highest BCUT2D eigenvalue weighted by Gasteiger charge is 2.19. The van der Waals surface area contributed by atoms with Crippen LogP contribution in [-0.4, -0.2) is 23.8 Å². The Bertz CT molecular complexity index is 926. The molecule has 1 aliphatic rings. The highest BCUT2D eigenvalue weighted by Crippen LogP contribution is 2.34. The van der Waals surface area contributed by atoms with Crippen molar-refractivity contribution in [2.75, 3.05) is 13.3 Å². The van der Waals surface area contributed by atoms with Crippen LogP contribution in [0.15, 0.2) is 30.3 Å². The monoisotopic (exact) mass is 342 g/mol. The molecular weight excluding hydrogens is 324 g/mol. The molecule has 0 unspecified atom stereocenters. The minimum absolute atomic E-state index is 0.0423. The van der Waals surface area contributed by atoms with Gasteiger partial charge in [0, 0.05) is 18.0 Å². The maximum absolute atomic E-state index is 12.4. The molecule has 0 bridgehead atoms. The van der Waals surface area contributed by atoms with Gasteiger partial charge in [0.15, 0.2) is 11.5 Å². The zero-order valence-corrected chi connectivity index (χ0v) is 14.4. The molecule has 1 N–H and O–H groups in total. The summed E-state index contributed by atoms with van der Waals surface area (Å²) in [5.41, 5.74) is 2.86. The van der Waals surface area contributed by atoms with Crippen molar-refractivity contribution in [3.05, 3.63) is 46.5 Å². The Hall–Kier alpha value is -2.47. The number of carbonyl (C=O) groups is 1. The van der Waals surface area contributed by atoms with Gasteiger partial charge in [-0.2, -0.15) is 0 Å². The van der Waals surface area contributed by atoms with Gasteiger partial charge in [-0.05, 0) is 43.7 Å². The van der Waals surface area contributed by atoms with Gasteiger partial charge in [0.1, 0.15) is 5.69 Å². The van der Waals surface area contributed by atoms with Gasteiger partial charge in [0.2, 0.25) is 6.79 Å². The van der Waals surface area contributed by atoms with E-state index in [-0.39, 0.29) is 12.7 Å². The molecule has 124 valence electrons. The second kappa shape index (κ2) is 5.87. The summed E-state index contributed by atoms with van der Waals surface area (Å²) in [6, 6.07) is 10.0. The van der Waals surface area contributed by atoms with E-state index in [1.54, 1.807) is 11.3 Å². The minimum Gasteiger partial charge on any atom is -0.454 e. The molecule has 3 heterocycles. The normalized spacial score (nSPS) is 12.8. The maximum Gasteiger partial charge on any atom is 0.267 e. The van der Waals surface area contributed by atoms with E-state index in [9.17, 15) is 4.79 Å². The highest BCUT2D eigenvalue weighted by atomic mass is 32.1. The zero-order valence-electron chi connectivity index (χ0n) is 13.6. The average molecular weight is 342 g/mol. The van der Waals surface area contributed by atoms with Crippen molar-refractivity contribution in [1.29, 1.82) is 0 Å². The number of amides is 1. The van der Waals surface area contributed by atoms with Gasteiger partial charge >= 0.3 is 0 Å². The van der Waals surface area contributed by atoms with Crippen LogP contribution < -0.4 is 14.8 Å². The van der Waals surface area contributed by atoms with Crippen LogP contribution in [0, 0.1) is 6.92 Å². The number of aryl methyl sites for hydroxylation is 1. The molecule has 6 heteroatoms. The number of rotatable bonds is 4. The number of nitrogens with zero attached hydrogens (tertiary/aromatic N) is 1. The summed E-state index contributed by atoms with van der Waals surface area (Å²) in [7, 11) is 0. The van der Waals surface area contributed by atoms with Gasteiger partial charge < -0.3 is 19.4 Å². The molecule has 0 aliphatic carbocycles. The van der Waals surface area contributed by atoms with E-state index in [0.29, 0.717) is 18.8 Å². The third-order valence-electron chi connectivity index (χ3n) is 4.06. The SMILES string of the molecule is CCNC(=O)c1cc2sc(C)cc2n1Cc1ccc2c(c1)OCO2. The molecule has 5 nitrogen and oxygen atoms in total. The maximum atomic E-state index is 12.4. The Labute approximate surface area is 143 Å². The molecule has 24 heavy (non-hydrogen) atoms. The fourth-order valence-corrected chi connectivity index (χ4v) is 3.96. The van der Waals surface area contributed by atoms with Crippen LogP contribution in [0.1, 0.15) is 27.9 Å². The van der Waals surface area contributed by atoms with E-state index in [0.717, 1.165) is 27.3 Å². The number of carbonyl (C=O) groups excluding carboxylic acids is 1. The lowest BCUT2D eigenvalue weighted by molar-refractivity contribution is 0.0947. The van der Waals surface area contributed by atoms with Crippen molar-refractivity contribution in [3.63, 3.8) is 0 Å². The summed E-state index contributed by atoms with van der Waals surface area (Å²) in [5.74, 6) is 1.49. The van der Waals surface area contributed by atoms with Crippen LogP contribution in [0.2, 0.25) is 0 Å². The standard InChI is InChI=1S/C18H18N2O3S/c1-3-19-18(21)14-8-17-13(6-11(2)24-17)20(14)9-12-4-5-15-16(7-12)23-10-22-15/h4-8H,3,9-10H2,1-2H3,(H,19,21). The van der Waals surface area contributed by atoms with Crippen molar-refractivity contribution < 1.29 is 14.3 Å². The Balaban J connectivity index is 1.76. The first-order valence-corrected chi connectivity index (χ1v) is 8.73. The lowest BCUT2D eigenvalue weighted by Crippen LogP contribution is -2.25. The van der Waals surface area contributed by atoms with Crippen LogP contribution in [0.3, 0.4) is 0 Å². The molecule has 0 saturated heterocycles. The number of benzene rings is 1. The van der Waals surface area contributed by atoms with E-state index >= 15 is 0 Å². The molecule has 3 aromatic rings. The molecule has 1 aliphatic heterocycles. The molecule has 4 rings (SSSR count). The zero-order chi connectivity index (χ0) is 16.7. The molecule has 0 atom stereocenters. The second-order valence-corrected chi connectivity index (χ2v) is 7.06. The van der Waals surface area contributed by atoms with Crippen molar-refractivity contribution >= 4 is 27.5 Å². The number of aromatic nitrogens is 1. The number of hydrogen-bond acceptors (Lipinski definition) is 4. The molecular formula is C18H18N2O3S. The van der Waals surface area contributed by atoms with E-state index in [1.807, 2.05) is 31.2 Å². The average Bonchev–Trinajstić information content (AvgIpc) is 3.23. The Morgan fingerprint density at radius 1 is 1.25 bits per heavy atom. The lowest BCUT2D eigenvalue weighted by Gasteiger charge is -2.11. The van der Waals surface area contributed by atoms with Gasteiger partial charge in [-0.15, -0.1) is 11.3 Å². The summed E-state index contributed by atoms with van der Waals surface area (Å²) in [5, 5.41) is 2.90. The quantitative estimate of drug-likeness (QED) is 0.789. The summed E-state index contributed by atoms with van der Waals surface area (Å²) in [6.07, 6.45) is 0. The molecule has 0 saturated carbocycles. The fraction of sp³-hybridized carbons (Fsp3) is 0.278. The number of hydrogen-bond donors (Lipinski definition) is 1. The third-order valence-corrected chi connectivity index (χ3v) is 5.05. The van der Waals surface area contributed by atoms with Crippen LogP contribution in [0.25, 0.3) is 10.2 Å². The van der Waals surface area contributed by atoms with Crippen LogP contribution in [-0.2, 0) is 6.54 Å². The van der Waals surface area contributed by atoms with E-state index in [2.05, 4.69) is 22.9 Å². The van der Waals surface area contributed by atoms with Crippen molar-refractivity contribution in [3.8, 4) is 11.5 Å². The summed E-state index contributed by atoms with van der Waals surface area (Å²) >= 11 is 1.71. The first-order chi connectivity index (χ1) is 11.7. The highest BCUT2D eigenvalue weighted by molar-refractivity contribution is 7.19. The lowest BCUT2D eigenvalue weighted by atomic mass is 10.2. The molecule has 0 fully saturated rings. The molecule has 0 radical (unpaired) electrons. The smallest absolute Gasteiger partial charge is 0.267 e. The van der Waals surface area contributed by atoms with E-state index < -0.39 is 0 Å². The number of fused-ring (bicyclic) bond motifs is 2. The van der Waals surface area contributed by atoms with E-state index in [4.69, 9.17) is 9.47 Å². The van der Waals surface area contributed by atoms with Gasteiger partial charge in [0.05, 0.1) is 10.2 Å². The van der Waals surface area contributed by atoms with Gasteiger partial charge in [-0.3, -0.25) is 4.79 Å². The van der Waals surface area contributed by atoms with Crippen molar-refractivity contribution in [1.82, 2.24) is 9.88 Å². The fourth-order valence-electron chi connectivity index (χ4n) is 3.00. The van der Waals surface area contributed by atoms with Crippen molar-refractivity contribution in [2.45, 2.75) is 20.4 Å². The van der Waals surface area contributed by atoms with Gasteiger partial charge in [-0.1, -0.05) is 6.07 Å². The summed E-state index contributed by atoms with van der Waals surface area (Å²) < 4.78 is 14.0. The van der Waals surface area contributed by atoms with Gasteiger partial charge in [-0.25, -0.2) is 0 Å². The third kappa shape index (κ3) is 2.53. The number of nitrogens with one attached hydrogen (secondary N) is 1. The van der Waals surface area contributed by atoms with Crippen LogP contribution in [0.5, 0.6) is 11.5 Å². The largest absolute Gasteiger partial charge is 0.454 e. The molecule has 0 spiro atoms. The summed E-state index contributed by atoms with van der Waals surface area (Å²) in [4.78, 5) is 13.7. The summed E-state index contributed by atoms with van der Waals surface area (Å²) in [6.45, 7) is 5.50. The van der Waals surface area contributed by atoms with Crippen molar-refractivity contribution in [2.24, 2.45) is 0 Å². The Morgan fingerprint density at radius 3 is 2.92 bits per heavy atom. The molecule has 2 aromatic heterocycles. The van der Waals surface area contributed by atoms with Crippen LogP contribution in [0.4, 0.5) is 0 Å². The van der Waals surface area contributed by atoms with Gasteiger partial charge in [0.25, 0.3) is 5.91 Å². The minimum atomic E-state index is -0.0423. The second-order valence-electron chi connectivity index (χ2n) is 5.77. The molecule has 1 aromatic carbocycles. The Kier molecular flexibility index (Phi) is 3.69. The molecule has 1 amide bonds. The Morgan fingerprint density at radius 2 is 2.08 bits per heavy atom. The first kappa shape index (κ1) is 15.1. The number of thiophene rings is 1. The predicted molar refractivity (Wildman–Crippen MR) is 94.2 cm³/mol.